The Kier molecular flexibility index (Phi) is 6.05. The molecule has 0 aliphatic carbocycles. The average molecular weight is 413 g/mol. The molecule has 0 saturated carbocycles. The van der Waals surface area contributed by atoms with Gasteiger partial charge in [0.2, 0.25) is 0 Å². The van der Waals surface area contributed by atoms with Gasteiger partial charge in [0.15, 0.2) is 11.5 Å². The van der Waals surface area contributed by atoms with E-state index in [-0.39, 0.29) is 5.69 Å². The number of carbonyl (C=O) groups excluding carboxylic acids is 1. The lowest BCUT2D eigenvalue weighted by atomic mass is 10.2. The van der Waals surface area contributed by atoms with Crippen LogP contribution in [0.5, 0.6) is 11.5 Å². The van der Waals surface area contributed by atoms with Crippen LogP contribution >= 0.6 is 0 Å². The van der Waals surface area contributed by atoms with Crippen molar-refractivity contribution >= 4 is 17.6 Å². The van der Waals surface area contributed by atoms with E-state index in [0.717, 1.165) is 15.9 Å². The molecule has 0 atom stereocenters. The van der Waals surface area contributed by atoms with Gasteiger partial charge >= 0.3 is 5.97 Å². The lowest BCUT2D eigenvalue weighted by Crippen LogP contribution is -2.21. The van der Waals surface area contributed by atoms with Crippen LogP contribution < -0.4 is 14.8 Å². The molecule has 1 amide bonds. The summed E-state index contributed by atoms with van der Waals surface area (Å²) in [6, 6.07) is 7.08. The van der Waals surface area contributed by atoms with Gasteiger partial charge in [0.05, 0.1) is 37.8 Å². The molecule has 0 unspecified atom stereocenters. The first-order valence-corrected chi connectivity index (χ1v) is 9.14. The van der Waals surface area contributed by atoms with Gasteiger partial charge in [-0.1, -0.05) is 6.07 Å². The van der Waals surface area contributed by atoms with Crippen molar-refractivity contribution in [3.8, 4) is 11.5 Å². The topological polar surface area (TPSA) is 120 Å². The lowest BCUT2D eigenvalue weighted by molar-refractivity contribution is -0.137. The van der Waals surface area contributed by atoms with E-state index >= 15 is 0 Å². The number of carboxylic acids is 1. The van der Waals surface area contributed by atoms with Crippen LogP contribution in [-0.4, -0.2) is 50.8 Å². The van der Waals surface area contributed by atoms with Crippen molar-refractivity contribution in [1.82, 2.24) is 19.6 Å². The summed E-state index contributed by atoms with van der Waals surface area (Å²) in [5.74, 6) is -0.272. The fraction of sp³-hybridized carbons (Fsp3) is 0.300. The van der Waals surface area contributed by atoms with Gasteiger partial charge in [-0.05, 0) is 37.6 Å². The SMILES string of the molecule is COc1ccc(Cn2nc(C)c(NC(=O)c3ccnn3CC(=O)O)c2C)cc1OC. The molecule has 0 aliphatic heterocycles. The Morgan fingerprint density at radius 3 is 2.50 bits per heavy atom. The molecule has 0 aliphatic rings. The van der Waals surface area contributed by atoms with Crippen molar-refractivity contribution in [2.45, 2.75) is 26.9 Å². The molecule has 0 saturated heterocycles. The first-order valence-electron chi connectivity index (χ1n) is 9.14. The van der Waals surface area contributed by atoms with Gasteiger partial charge in [-0.3, -0.25) is 14.3 Å². The van der Waals surface area contributed by atoms with Gasteiger partial charge in [-0.25, -0.2) is 4.68 Å². The standard InChI is InChI=1S/C20H23N5O5/c1-12-19(22-20(28)15-7-8-21-25(15)11-18(26)27)13(2)24(23-12)10-14-5-6-16(29-3)17(9-14)30-4/h5-9H,10-11H2,1-4H3,(H,22,28)(H,26,27). The van der Waals surface area contributed by atoms with E-state index in [2.05, 4.69) is 15.5 Å². The molecule has 3 aromatic rings. The lowest BCUT2D eigenvalue weighted by Gasteiger charge is -2.11. The van der Waals surface area contributed by atoms with Crippen LogP contribution in [0.4, 0.5) is 5.69 Å². The number of nitrogens with one attached hydrogen (secondary N) is 1. The first-order chi connectivity index (χ1) is 14.3. The molecule has 30 heavy (non-hydrogen) atoms. The van der Waals surface area contributed by atoms with E-state index < -0.39 is 18.4 Å². The van der Waals surface area contributed by atoms with Crippen molar-refractivity contribution in [3.05, 3.63) is 53.1 Å². The maximum absolute atomic E-state index is 12.7. The first kappa shape index (κ1) is 20.9. The van der Waals surface area contributed by atoms with Gasteiger partial charge in [0.1, 0.15) is 12.2 Å². The summed E-state index contributed by atoms with van der Waals surface area (Å²) in [5, 5.41) is 20.2. The number of methoxy groups -OCH3 is 2. The smallest absolute Gasteiger partial charge is 0.325 e. The van der Waals surface area contributed by atoms with Gasteiger partial charge in [-0.15, -0.1) is 0 Å². The van der Waals surface area contributed by atoms with Crippen LogP contribution in [-0.2, 0) is 17.9 Å². The highest BCUT2D eigenvalue weighted by Gasteiger charge is 2.19. The fourth-order valence-electron chi connectivity index (χ4n) is 3.14. The van der Waals surface area contributed by atoms with E-state index in [1.807, 2.05) is 25.1 Å². The Bertz CT molecular complexity index is 1090. The number of rotatable bonds is 8. The normalized spacial score (nSPS) is 10.7. The molecule has 10 heteroatoms. The van der Waals surface area contributed by atoms with Crippen molar-refractivity contribution in [2.24, 2.45) is 0 Å². The Morgan fingerprint density at radius 2 is 1.83 bits per heavy atom. The van der Waals surface area contributed by atoms with Crippen LogP contribution in [0.1, 0.15) is 27.4 Å². The number of hydrogen-bond acceptors (Lipinski definition) is 6. The molecular formula is C20H23N5O5. The van der Waals surface area contributed by atoms with Crippen molar-refractivity contribution in [3.63, 3.8) is 0 Å². The number of carboxylic acid groups (broad SMARTS) is 1. The summed E-state index contributed by atoms with van der Waals surface area (Å²) < 4.78 is 13.5. The Morgan fingerprint density at radius 1 is 1.10 bits per heavy atom. The third-order valence-corrected chi connectivity index (χ3v) is 4.63. The maximum atomic E-state index is 12.7. The minimum Gasteiger partial charge on any atom is -0.493 e. The average Bonchev–Trinajstić information content (AvgIpc) is 3.27. The zero-order valence-electron chi connectivity index (χ0n) is 17.2. The molecule has 2 heterocycles. The Balaban J connectivity index is 1.82. The number of ether oxygens (including phenoxy) is 2. The predicted octanol–water partition coefficient (Wildman–Crippen LogP) is 2.10. The monoisotopic (exact) mass is 413 g/mol. The second kappa shape index (κ2) is 8.68. The van der Waals surface area contributed by atoms with Gasteiger partial charge in [-0.2, -0.15) is 10.2 Å². The molecule has 3 rings (SSSR count). The van der Waals surface area contributed by atoms with Gasteiger partial charge < -0.3 is 19.9 Å². The Labute approximate surface area is 173 Å². The van der Waals surface area contributed by atoms with Gasteiger partial charge in [0.25, 0.3) is 5.91 Å². The predicted molar refractivity (Wildman–Crippen MR) is 108 cm³/mol. The minimum absolute atomic E-state index is 0.156. The summed E-state index contributed by atoms with van der Waals surface area (Å²) in [7, 11) is 3.16. The summed E-state index contributed by atoms with van der Waals surface area (Å²) in [6.07, 6.45) is 1.39. The number of nitrogens with zero attached hydrogens (tertiary/aromatic N) is 4. The third kappa shape index (κ3) is 4.27. The molecule has 1 aromatic carbocycles. The van der Waals surface area contributed by atoms with E-state index in [1.165, 1.54) is 12.3 Å². The minimum atomic E-state index is -1.08. The quantitative estimate of drug-likeness (QED) is 0.580. The summed E-state index contributed by atoms with van der Waals surface area (Å²) in [5.41, 5.74) is 3.09. The number of aryl methyl sites for hydroxylation is 1. The van der Waals surface area contributed by atoms with Crippen LogP contribution in [0.2, 0.25) is 0 Å². The number of amides is 1. The second-order valence-electron chi connectivity index (χ2n) is 6.61. The molecule has 0 bridgehead atoms. The molecule has 0 fully saturated rings. The molecule has 10 nitrogen and oxygen atoms in total. The summed E-state index contributed by atoms with van der Waals surface area (Å²) in [4.78, 5) is 23.6. The van der Waals surface area contributed by atoms with Crippen molar-refractivity contribution in [2.75, 3.05) is 19.5 Å². The fourth-order valence-corrected chi connectivity index (χ4v) is 3.14. The summed E-state index contributed by atoms with van der Waals surface area (Å²) >= 11 is 0. The highest BCUT2D eigenvalue weighted by Crippen LogP contribution is 2.28. The molecule has 2 N–H and O–H groups in total. The molecule has 0 radical (unpaired) electrons. The van der Waals surface area contributed by atoms with Crippen LogP contribution in [0.15, 0.2) is 30.5 Å². The van der Waals surface area contributed by atoms with Crippen molar-refractivity contribution in [1.29, 1.82) is 0 Å². The van der Waals surface area contributed by atoms with Gasteiger partial charge in [0, 0.05) is 6.20 Å². The maximum Gasteiger partial charge on any atom is 0.325 e. The number of hydrogen-bond donors (Lipinski definition) is 2. The van der Waals surface area contributed by atoms with E-state index in [9.17, 15) is 9.59 Å². The zero-order chi connectivity index (χ0) is 21.8. The largest absolute Gasteiger partial charge is 0.493 e. The number of aromatic nitrogens is 4. The highest BCUT2D eigenvalue weighted by molar-refractivity contribution is 6.03. The number of aliphatic carboxylic acids is 1. The van der Waals surface area contributed by atoms with E-state index in [1.54, 1.807) is 25.8 Å². The van der Waals surface area contributed by atoms with Crippen LogP contribution in [0, 0.1) is 13.8 Å². The molecule has 158 valence electrons. The molecule has 2 aromatic heterocycles. The zero-order valence-corrected chi connectivity index (χ0v) is 17.2. The second-order valence-corrected chi connectivity index (χ2v) is 6.61. The van der Waals surface area contributed by atoms with E-state index in [0.29, 0.717) is 29.4 Å². The third-order valence-electron chi connectivity index (χ3n) is 4.63. The Hall–Kier alpha value is -3.82. The van der Waals surface area contributed by atoms with Crippen LogP contribution in [0.25, 0.3) is 0 Å². The number of anilines is 1. The van der Waals surface area contributed by atoms with Crippen molar-refractivity contribution < 1.29 is 24.2 Å². The van der Waals surface area contributed by atoms with E-state index in [4.69, 9.17) is 14.6 Å². The van der Waals surface area contributed by atoms with Crippen LogP contribution in [0.3, 0.4) is 0 Å². The summed E-state index contributed by atoms with van der Waals surface area (Å²) in [6.45, 7) is 3.72. The molecular weight excluding hydrogens is 390 g/mol. The number of carbonyl (C=O) groups is 2. The number of benzene rings is 1. The molecule has 0 spiro atoms. The highest BCUT2D eigenvalue weighted by atomic mass is 16.5.